The number of hydrogen-bond donors (Lipinski definition) is 1. The highest BCUT2D eigenvalue weighted by atomic mass is 35.5. The van der Waals surface area contributed by atoms with Gasteiger partial charge in [-0.15, -0.1) is 11.3 Å². The number of hydrogen-bond acceptors (Lipinski definition) is 4. The van der Waals surface area contributed by atoms with Crippen LogP contribution in [-0.4, -0.2) is 20.3 Å². The van der Waals surface area contributed by atoms with E-state index >= 15 is 0 Å². The van der Waals surface area contributed by atoms with Crippen LogP contribution in [0.5, 0.6) is 11.5 Å². The quantitative estimate of drug-likeness (QED) is 0.900. The molecule has 1 aliphatic carbocycles. The lowest BCUT2D eigenvalue weighted by Gasteiger charge is -2.38. The first-order valence-corrected chi connectivity index (χ1v) is 8.67. The molecule has 0 spiro atoms. The third kappa shape index (κ3) is 2.13. The van der Waals surface area contributed by atoms with E-state index in [9.17, 15) is 0 Å². The molecular formula is C17H18ClNO2S. The molecule has 1 aromatic carbocycles. The van der Waals surface area contributed by atoms with Crippen molar-refractivity contribution in [1.82, 2.24) is 5.32 Å². The van der Waals surface area contributed by atoms with Gasteiger partial charge in [-0.2, -0.15) is 0 Å². The van der Waals surface area contributed by atoms with E-state index in [1.54, 1.807) is 25.6 Å². The van der Waals surface area contributed by atoms with Crippen LogP contribution in [0.1, 0.15) is 33.9 Å². The Balaban J connectivity index is 1.88. The number of halogens is 1. The summed E-state index contributed by atoms with van der Waals surface area (Å²) in [7, 11) is 3.38. The normalized spacial score (nSPS) is 22.5. The zero-order chi connectivity index (χ0) is 15.3. The number of benzene rings is 1. The lowest BCUT2D eigenvalue weighted by atomic mass is 9.75. The van der Waals surface area contributed by atoms with Crippen LogP contribution >= 0.6 is 22.9 Å². The van der Waals surface area contributed by atoms with Gasteiger partial charge in [-0.25, -0.2) is 0 Å². The Bertz CT molecular complexity index is 728. The summed E-state index contributed by atoms with van der Waals surface area (Å²) in [6.45, 7) is 0.919. The van der Waals surface area contributed by atoms with E-state index in [0.29, 0.717) is 12.0 Å². The van der Waals surface area contributed by atoms with Crippen LogP contribution in [0, 0.1) is 0 Å². The summed E-state index contributed by atoms with van der Waals surface area (Å²) in [5.74, 6) is 1.98. The van der Waals surface area contributed by atoms with Crippen molar-refractivity contribution < 1.29 is 9.47 Å². The molecule has 2 heterocycles. The molecule has 3 nitrogen and oxygen atoms in total. The molecule has 2 aliphatic rings. The molecule has 1 N–H and O–H groups in total. The molecule has 5 heteroatoms. The monoisotopic (exact) mass is 335 g/mol. The molecule has 2 atom stereocenters. The molecule has 1 aliphatic heterocycles. The molecule has 2 aromatic rings. The van der Waals surface area contributed by atoms with Crippen molar-refractivity contribution in [3.63, 3.8) is 0 Å². The lowest BCUT2D eigenvalue weighted by molar-refractivity contribution is 0.349. The number of nitrogens with one attached hydrogen (secondary N) is 1. The summed E-state index contributed by atoms with van der Waals surface area (Å²) in [5, 5.41) is 3.67. The van der Waals surface area contributed by atoms with Crippen LogP contribution in [0.4, 0.5) is 0 Å². The minimum absolute atomic E-state index is 0.366. The van der Waals surface area contributed by atoms with E-state index in [0.717, 1.165) is 35.2 Å². The second kappa shape index (κ2) is 5.44. The number of rotatable bonds is 2. The van der Waals surface area contributed by atoms with Crippen molar-refractivity contribution in [3.05, 3.63) is 44.1 Å². The fourth-order valence-corrected chi connectivity index (χ4v) is 5.20. The maximum atomic E-state index is 6.26. The SMILES string of the molecule is COc1cc2c(cc1OC)[C@@H]1c3sc(Cl)cc3CN[C@H]1CC2. The van der Waals surface area contributed by atoms with E-state index < -0.39 is 0 Å². The van der Waals surface area contributed by atoms with Crippen LogP contribution in [0.25, 0.3) is 0 Å². The first-order valence-electron chi connectivity index (χ1n) is 7.47. The fraction of sp³-hybridized carbons (Fsp3) is 0.412. The minimum atomic E-state index is 0.366. The van der Waals surface area contributed by atoms with Crippen LogP contribution in [0.3, 0.4) is 0 Å². The summed E-state index contributed by atoms with van der Waals surface area (Å²) < 4.78 is 11.8. The smallest absolute Gasteiger partial charge is 0.161 e. The minimum Gasteiger partial charge on any atom is -0.493 e. The number of methoxy groups -OCH3 is 2. The molecule has 0 bridgehead atoms. The van der Waals surface area contributed by atoms with Gasteiger partial charge in [0, 0.05) is 23.4 Å². The lowest BCUT2D eigenvalue weighted by Crippen LogP contribution is -2.41. The highest BCUT2D eigenvalue weighted by Crippen LogP contribution is 2.47. The van der Waals surface area contributed by atoms with Gasteiger partial charge in [-0.05, 0) is 47.7 Å². The van der Waals surface area contributed by atoms with Gasteiger partial charge in [0.25, 0.3) is 0 Å². The van der Waals surface area contributed by atoms with Crippen molar-refractivity contribution in [1.29, 1.82) is 0 Å². The van der Waals surface area contributed by atoms with E-state index in [-0.39, 0.29) is 0 Å². The van der Waals surface area contributed by atoms with Crippen LogP contribution in [-0.2, 0) is 13.0 Å². The topological polar surface area (TPSA) is 30.5 Å². The van der Waals surface area contributed by atoms with Crippen molar-refractivity contribution >= 4 is 22.9 Å². The van der Waals surface area contributed by atoms with Gasteiger partial charge in [0.05, 0.1) is 18.6 Å². The van der Waals surface area contributed by atoms with E-state index in [2.05, 4.69) is 23.5 Å². The average molecular weight is 336 g/mol. The van der Waals surface area contributed by atoms with Gasteiger partial charge < -0.3 is 14.8 Å². The second-order valence-corrected chi connectivity index (χ2v) is 7.56. The van der Waals surface area contributed by atoms with Gasteiger partial charge in [0.1, 0.15) is 0 Å². The number of aryl methyl sites for hydroxylation is 1. The summed E-state index contributed by atoms with van der Waals surface area (Å²) >= 11 is 7.98. The Labute approximate surface area is 139 Å². The fourth-order valence-electron chi connectivity index (χ4n) is 3.73. The predicted molar refractivity (Wildman–Crippen MR) is 89.7 cm³/mol. The molecule has 4 rings (SSSR count). The first-order chi connectivity index (χ1) is 10.7. The standard InChI is InChI=1S/C17H18ClNO2S/c1-20-13-5-9-3-4-12-16(11(9)7-14(13)21-2)17-10(8-19-12)6-15(18)22-17/h5-7,12,16,19H,3-4,8H2,1-2H3/t12-,16-/m0/s1. The molecule has 0 saturated carbocycles. The summed E-state index contributed by atoms with van der Waals surface area (Å²) in [6.07, 6.45) is 2.21. The molecule has 0 saturated heterocycles. The molecule has 22 heavy (non-hydrogen) atoms. The van der Waals surface area contributed by atoms with Gasteiger partial charge in [0.2, 0.25) is 0 Å². The van der Waals surface area contributed by atoms with Crippen LogP contribution in [0.2, 0.25) is 4.34 Å². The first kappa shape index (κ1) is 14.4. The molecular weight excluding hydrogens is 318 g/mol. The van der Waals surface area contributed by atoms with Gasteiger partial charge in [-0.1, -0.05) is 11.6 Å². The molecule has 0 amide bonds. The van der Waals surface area contributed by atoms with E-state index in [4.69, 9.17) is 21.1 Å². The summed E-state index contributed by atoms with van der Waals surface area (Å²) in [5.41, 5.74) is 4.04. The van der Waals surface area contributed by atoms with E-state index in [1.165, 1.54) is 21.6 Å². The average Bonchev–Trinajstić information content (AvgIpc) is 2.93. The van der Waals surface area contributed by atoms with Crippen LogP contribution in [0.15, 0.2) is 18.2 Å². The summed E-state index contributed by atoms with van der Waals surface area (Å²) in [6, 6.07) is 6.86. The molecule has 1 aromatic heterocycles. The largest absolute Gasteiger partial charge is 0.493 e. The Morgan fingerprint density at radius 2 is 1.91 bits per heavy atom. The zero-order valence-electron chi connectivity index (χ0n) is 12.6. The third-order valence-corrected chi connectivity index (χ3v) is 6.15. The van der Waals surface area contributed by atoms with Gasteiger partial charge in [-0.3, -0.25) is 0 Å². The zero-order valence-corrected chi connectivity index (χ0v) is 14.2. The van der Waals surface area contributed by atoms with E-state index in [1.807, 2.05) is 0 Å². The molecule has 116 valence electrons. The maximum absolute atomic E-state index is 6.26. The Hall–Kier alpha value is -1.23. The number of fused-ring (bicyclic) bond motifs is 5. The summed E-state index contributed by atoms with van der Waals surface area (Å²) in [4.78, 5) is 1.40. The van der Waals surface area contributed by atoms with Gasteiger partial charge in [0.15, 0.2) is 11.5 Å². The Kier molecular flexibility index (Phi) is 3.56. The molecule has 0 radical (unpaired) electrons. The molecule has 0 unspecified atom stereocenters. The Morgan fingerprint density at radius 3 is 2.68 bits per heavy atom. The second-order valence-electron chi connectivity index (χ2n) is 5.85. The predicted octanol–water partition coefficient (Wildman–Crippen LogP) is 3.97. The Morgan fingerprint density at radius 1 is 1.14 bits per heavy atom. The highest BCUT2D eigenvalue weighted by molar-refractivity contribution is 7.16. The van der Waals surface area contributed by atoms with Crippen molar-refractivity contribution in [2.45, 2.75) is 31.3 Å². The van der Waals surface area contributed by atoms with Crippen molar-refractivity contribution in [2.75, 3.05) is 14.2 Å². The number of thiophene rings is 1. The third-order valence-electron chi connectivity index (χ3n) is 4.76. The molecule has 0 fully saturated rings. The van der Waals surface area contributed by atoms with Crippen molar-refractivity contribution in [3.8, 4) is 11.5 Å². The van der Waals surface area contributed by atoms with Gasteiger partial charge >= 0.3 is 0 Å². The van der Waals surface area contributed by atoms with Crippen molar-refractivity contribution in [2.24, 2.45) is 0 Å². The van der Waals surface area contributed by atoms with Crippen LogP contribution < -0.4 is 14.8 Å². The number of ether oxygens (including phenoxy) is 2. The highest BCUT2D eigenvalue weighted by Gasteiger charge is 2.37. The maximum Gasteiger partial charge on any atom is 0.161 e.